The number of methoxy groups -OCH3 is 1. The molecule has 7 nitrogen and oxygen atoms in total. The molecule has 1 aromatic rings. The Hall–Kier alpha value is -1.73. The van der Waals surface area contributed by atoms with Gasteiger partial charge in [0.05, 0.1) is 13.2 Å². The Morgan fingerprint density at radius 1 is 1.25 bits per heavy atom. The third-order valence-corrected chi connectivity index (χ3v) is 2.49. The predicted octanol–water partition coefficient (Wildman–Crippen LogP) is 0.643. The number of amides is 1. The lowest BCUT2D eigenvalue weighted by molar-refractivity contribution is 0.0705. The SMILES string of the molecule is COCCOCCCNc1ccc(C(=O)N(C)C)nn1. The summed E-state index contributed by atoms with van der Waals surface area (Å²) in [6, 6.07) is 3.41. The van der Waals surface area contributed by atoms with Gasteiger partial charge >= 0.3 is 0 Å². The number of rotatable bonds is 9. The normalized spacial score (nSPS) is 10.3. The van der Waals surface area contributed by atoms with Gasteiger partial charge in [-0.3, -0.25) is 4.79 Å². The van der Waals surface area contributed by atoms with Crippen LogP contribution in [0, 0.1) is 0 Å². The summed E-state index contributed by atoms with van der Waals surface area (Å²) in [5.41, 5.74) is 0.337. The third kappa shape index (κ3) is 5.94. The molecule has 7 heteroatoms. The number of carbonyl (C=O) groups excluding carboxylic acids is 1. The maximum atomic E-state index is 11.6. The van der Waals surface area contributed by atoms with Crippen LogP contribution >= 0.6 is 0 Å². The molecular weight excluding hydrogens is 260 g/mol. The fraction of sp³-hybridized carbons (Fsp3) is 0.615. The van der Waals surface area contributed by atoms with E-state index in [0.717, 1.165) is 13.0 Å². The van der Waals surface area contributed by atoms with Gasteiger partial charge in [-0.1, -0.05) is 0 Å². The highest BCUT2D eigenvalue weighted by Gasteiger charge is 2.09. The first-order chi connectivity index (χ1) is 9.65. The number of aromatic nitrogens is 2. The van der Waals surface area contributed by atoms with Gasteiger partial charge in [0.25, 0.3) is 5.91 Å². The standard InChI is InChI=1S/C13H22N4O3/c1-17(2)13(18)11-5-6-12(16-15-11)14-7-4-8-20-10-9-19-3/h5-6H,4,7-10H2,1-3H3,(H,14,16). The second-order valence-electron chi connectivity index (χ2n) is 4.39. The summed E-state index contributed by atoms with van der Waals surface area (Å²) in [6.45, 7) is 2.63. The zero-order valence-electron chi connectivity index (χ0n) is 12.3. The molecular formula is C13H22N4O3. The number of hydrogen-bond acceptors (Lipinski definition) is 6. The smallest absolute Gasteiger partial charge is 0.273 e. The average Bonchev–Trinajstić information content (AvgIpc) is 2.46. The van der Waals surface area contributed by atoms with Crippen LogP contribution in [-0.2, 0) is 9.47 Å². The molecule has 112 valence electrons. The highest BCUT2D eigenvalue weighted by atomic mass is 16.5. The maximum absolute atomic E-state index is 11.6. The summed E-state index contributed by atoms with van der Waals surface area (Å²) in [7, 11) is 5.01. The molecule has 0 aromatic carbocycles. The first-order valence-corrected chi connectivity index (χ1v) is 6.51. The molecule has 1 rings (SSSR count). The lowest BCUT2D eigenvalue weighted by Crippen LogP contribution is -2.23. The van der Waals surface area contributed by atoms with E-state index >= 15 is 0 Å². The molecule has 1 N–H and O–H groups in total. The molecule has 0 aliphatic rings. The van der Waals surface area contributed by atoms with Crippen molar-refractivity contribution >= 4 is 11.7 Å². The van der Waals surface area contributed by atoms with Gasteiger partial charge in [-0.25, -0.2) is 0 Å². The van der Waals surface area contributed by atoms with Gasteiger partial charge in [0.2, 0.25) is 0 Å². The summed E-state index contributed by atoms with van der Waals surface area (Å²) in [6.07, 6.45) is 0.865. The molecule has 0 saturated heterocycles. The van der Waals surface area contributed by atoms with Crippen molar-refractivity contribution in [3.05, 3.63) is 17.8 Å². The molecule has 1 aromatic heterocycles. The van der Waals surface area contributed by atoms with Crippen molar-refractivity contribution in [1.29, 1.82) is 0 Å². The van der Waals surface area contributed by atoms with Crippen LogP contribution in [0.15, 0.2) is 12.1 Å². The molecule has 0 spiro atoms. The molecule has 0 radical (unpaired) electrons. The number of anilines is 1. The summed E-state index contributed by atoms with van der Waals surface area (Å²) in [5, 5.41) is 11.0. The maximum Gasteiger partial charge on any atom is 0.273 e. The number of ether oxygens (including phenoxy) is 2. The number of nitrogens with one attached hydrogen (secondary N) is 1. The van der Waals surface area contributed by atoms with E-state index in [4.69, 9.17) is 9.47 Å². The molecule has 0 atom stereocenters. The Kier molecular flexibility index (Phi) is 7.52. The van der Waals surface area contributed by atoms with Crippen LogP contribution in [0.5, 0.6) is 0 Å². The van der Waals surface area contributed by atoms with Crippen molar-refractivity contribution in [3.8, 4) is 0 Å². The Balaban J connectivity index is 2.23. The second-order valence-corrected chi connectivity index (χ2v) is 4.39. The van der Waals surface area contributed by atoms with E-state index in [1.165, 1.54) is 4.90 Å². The van der Waals surface area contributed by atoms with E-state index in [-0.39, 0.29) is 5.91 Å². The van der Waals surface area contributed by atoms with E-state index in [2.05, 4.69) is 15.5 Å². The first kappa shape index (κ1) is 16.3. The quantitative estimate of drug-likeness (QED) is 0.670. The number of hydrogen-bond donors (Lipinski definition) is 1. The summed E-state index contributed by atoms with van der Waals surface area (Å²) >= 11 is 0. The minimum atomic E-state index is -0.157. The van der Waals surface area contributed by atoms with Crippen molar-refractivity contribution in [2.75, 3.05) is 52.9 Å². The molecule has 0 unspecified atom stereocenters. The van der Waals surface area contributed by atoms with Crippen molar-refractivity contribution in [1.82, 2.24) is 15.1 Å². The van der Waals surface area contributed by atoms with Crippen molar-refractivity contribution in [2.45, 2.75) is 6.42 Å². The topological polar surface area (TPSA) is 76.6 Å². The Morgan fingerprint density at radius 3 is 2.65 bits per heavy atom. The van der Waals surface area contributed by atoms with Crippen LogP contribution < -0.4 is 5.32 Å². The predicted molar refractivity (Wildman–Crippen MR) is 75.9 cm³/mol. The zero-order valence-corrected chi connectivity index (χ0v) is 12.3. The van der Waals surface area contributed by atoms with Crippen LogP contribution in [0.1, 0.15) is 16.9 Å². The lowest BCUT2D eigenvalue weighted by atomic mass is 10.3. The van der Waals surface area contributed by atoms with E-state index < -0.39 is 0 Å². The Bertz CT molecular complexity index is 395. The monoisotopic (exact) mass is 282 g/mol. The fourth-order valence-electron chi connectivity index (χ4n) is 1.40. The van der Waals surface area contributed by atoms with Gasteiger partial charge in [0.1, 0.15) is 5.82 Å². The molecule has 20 heavy (non-hydrogen) atoms. The van der Waals surface area contributed by atoms with Crippen molar-refractivity contribution in [2.24, 2.45) is 0 Å². The molecule has 1 amide bonds. The molecule has 0 saturated carbocycles. The van der Waals surface area contributed by atoms with E-state index in [9.17, 15) is 4.79 Å². The molecule has 1 heterocycles. The third-order valence-electron chi connectivity index (χ3n) is 2.49. The van der Waals surface area contributed by atoms with E-state index in [0.29, 0.717) is 31.3 Å². The van der Waals surface area contributed by atoms with Crippen LogP contribution in [0.4, 0.5) is 5.82 Å². The van der Waals surface area contributed by atoms with E-state index in [1.807, 2.05) is 0 Å². The number of carbonyl (C=O) groups is 1. The highest BCUT2D eigenvalue weighted by molar-refractivity contribution is 5.91. The Morgan fingerprint density at radius 2 is 2.05 bits per heavy atom. The van der Waals surface area contributed by atoms with Crippen LogP contribution in [0.2, 0.25) is 0 Å². The molecule has 0 aliphatic heterocycles. The molecule has 0 fully saturated rings. The lowest BCUT2D eigenvalue weighted by Gasteiger charge is -2.09. The molecule has 0 bridgehead atoms. The summed E-state index contributed by atoms with van der Waals surface area (Å²) < 4.78 is 10.2. The van der Waals surface area contributed by atoms with E-state index in [1.54, 1.807) is 33.3 Å². The van der Waals surface area contributed by atoms with Gasteiger partial charge in [-0.15, -0.1) is 10.2 Å². The zero-order chi connectivity index (χ0) is 14.8. The second kappa shape index (κ2) is 9.22. The fourth-order valence-corrected chi connectivity index (χ4v) is 1.40. The minimum Gasteiger partial charge on any atom is -0.382 e. The molecule has 0 aliphatic carbocycles. The van der Waals surface area contributed by atoms with Gasteiger partial charge in [0.15, 0.2) is 5.69 Å². The van der Waals surface area contributed by atoms with Gasteiger partial charge in [-0.05, 0) is 18.6 Å². The van der Waals surface area contributed by atoms with Gasteiger partial charge in [0, 0.05) is 34.4 Å². The summed E-state index contributed by atoms with van der Waals surface area (Å²) in [5.74, 6) is 0.493. The van der Waals surface area contributed by atoms with Gasteiger partial charge < -0.3 is 19.7 Å². The van der Waals surface area contributed by atoms with Crippen LogP contribution in [0.3, 0.4) is 0 Å². The highest BCUT2D eigenvalue weighted by Crippen LogP contribution is 2.03. The summed E-state index contributed by atoms with van der Waals surface area (Å²) in [4.78, 5) is 13.1. The average molecular weight is 282 g/mol. The van der Waals surface area contributed by atoms with Crippen LogP contribution in [-0.4, -0.2) is 68.6 Å². The number of nitrogens with zero attached hydrogens (tertiary/aromatic N) is 3. The van der Waals surface area contributed by atoms with Crippen LogP contribution in [0.25, 0.3) is 0 Å². The largest absolute Gasteiger partial charge is 0.382 e. The van der Waals surface area contributed by atoms with Gasteiger partial charge in [-0.2, -0.15) is 0 Å². The Labute approximate surface area is 119 Å². The first-order valence-electron chi connectivity index (χ1n) is 6.51. The van der Waals surface area contributed by atoms with Crippen molar-refractivity contribution < 1.29 is 14.3 Å². The minimum absolute atomic E-state index is 0.157. The van der Waals surface area contributed by atoms with Crippen molar-refractivity contribution in [3.63, 3.8) is 0 Å².